The van der Waals surface area contributed by atoms with Crippen LogP contribution in [-0.2, 0) is 16.0 Å². The molecule has 86 valence electrons. The van der Waals surface area contributed by atoms with Crippen molar-refractivity contribution in [2.75, 3.05) is 6.61 Å². The van der Waals surface area contributed by atoms with Gasteiger partial charge in [0.2, 0.25) is 0 Å². The Labute approximate surface area is 104 Å². The minimum atomic E-state index is -0.299. The van der Waals surface area contributed by atoms with Crippen molar-refractivity contribution in [1.29, 1.82) is 0 Å². The molecular weight excluding hydrogens is 268 g/mol. The Morgan fingerprint density at radius 2 is 2.19 bits per heavy atom. The van der Waals surface area contributed by atoms with E-state index >= 15 is 0 Å². The molecule has 1 aromatic rings. The molecular formula is C13H15BrO2. The van der Waals surface area contributed by atoms with Crippen LogP contribution in [0, 0.1) is 0 Å². The quantitative estimate of drug-likeness (QED) is 0.623. The summed E-state index contributed by atoms with van der Waals surface area (Å²) in [6.45, 7) is 4.29. The van der Waals surface area contributed by atoms with Gasteiger partial charge in [-0.1, -0.05) is 28.9 Å². The van der Waals surface area contributed by atoms with Gasteiger partial charge in [0.05, 0.1) is 6.61 Å². The maximum absolute atomic E-state index is 11.2. The minimum Gasteiger partial charge on any atom is -0.463 e. The van der Waals surface area contributed by atoms with Gasteiger partial charge in [-0.3, -0.25) is 0 Å². The molecule has 0 aliphatic heterocycles. The highest BCUT2D eigenvalue weighted by Crippen LogP contribution is 2.18. The van der Waals surface area contributed by atoms with Gasteiger partial charge < -0.3 is 4.74 Å². The number of halogens is 1. The van der Waals surface area contributed by atoms with Crippen molar-refractivity contribution in [2.45, 2.75) is 20.3 Å². The highest BCUT2D eigenvalue weighted by atomic mass is 79.9. The first-order valence-corrected chi connectivity index (χ1v) is 6.10. The number of esters is 1. The van der Waals surface area contributed by atoms with Crippen LogP contribution in [0.25, 0.3) is 6.08 Å². The third-order valence-electron chi connectivity index (χ3n) is 2.17. The monoisotopic (exact) mass is 282 g/mol. The van der Waals surface area contributed by atoms with Gasteiger partial charge >= 0.3 is 5.97 Å². The topological polar surface area (TPSA) is 26.3 Å². The number of rotatable bonds is 4. The molecule has 0 bridgehead atoms. The standard InChI is InChI=1S/C13H15BrO2/c1-3-10-9-12(14)7-5-11(10)6-8-13(15)16-4-2/h5-9H,3-4H2,1-2H3/b8-6+. The van der Waals surface area contributed by atoms with Gasteiger partial charge in [0.1, 0.15) is 0 Å². The van der Waals surface area contributed by atoms with Crippen LogP contribution in [0.1, 0.15) is 25.0 Å². The summed E-state index contributed by atoms with van der Waals surface area (Å²) in [5, 5.41) is 0. The number of carbonyl (C=O) groups is 1. The summed E-state index contributed by atoms with van der Waals surface area (Å²) < 4.78 is 5.88. The van der Waals surface area contributed by atoms with Crippen LogP contribution in [0.2, 0.25) is 0 Å². The molecule has 0 aliphatic carbocycles. The number of benzene rings is 1. The first kappa shape index (κ1) is 13.0. The van der Waals surface area contributed by atoms with E-state index in [9.17, 15) is 4.79 Å². The van der Waals surface area contributed by atoms with E-state index in [0.717, 1.165) is 16.5 Å². The van der Waals surface area contributed by atoms with E-state index in [1.54, 1.807) is 13.0 Å². The van der Waals surface area contributed by atoms with Crippen molar-refractivity contribution < 1.29 is 9.53 Å². The predicted octanol–water partition coefficient (Wildman–Crippen LogP) is 3.59. The molecule has 1 aromatic carbocycles. The third kappa shape index (κ3) is 3.81. The van der Waals surface area contributed by atoms with Gasteiger partial charge in [-0.2, -0.15) is 0 Å². The van der Waals surface area contributed by atoms with E-state index in [1.807, 2.05) is 12.1 Å². The molecule has 16 heavy (non-hydrogen) atoms. The van der Waals surface area contributed by atoms with E-state index in [4.69, 9.17) is 4.74 Å². The first-order chi connectivity index (χ1) is 7.67. The van der Waals surface area contributed by atoms with Crippen LogP contribution in [0.3, 0.4) is 0 Å². The molecule has 0 saturated heterocycles. The summed E-state index contributed by atoms with van der Waals surface area (Å²) in [7, 11) is 0. The van der Waals surface area contributed by atoms with E-state index in [2.05, 4.69) is 28.9 Å². The van der Waals surface area contributed by atoms with E-state index in [0.29, 0.717) is 6.61 Å². The van der Waals surface area contributed by atoms with Crippen molar-refractivity contribution in [1.82, 2.24) is 0 Å². The molecule has 0 N–H and O–H groups in total. The van der Waals surface area contributed by atoms with Gasteiger partial charge in [0, 0.05) is 10.5 Å². The van der Waals surface area contributed by atoms with Crippen LogP contribution in [0.4, 0.5) is 0 Å². The Bertz CT molecular complexity index is 397. The maximum Gasteiger partial charge on any atom is 0.330 e. The summed E-state index contributed by atoms with van der Waals surface area (Å²) in [5.41, 5.74) is 2.26. The average Bonchev–Trinajstić information content (AvgIpc) is 2.27. The molecule has 0 radical (unpaired) electrons. The fourth-order valence-corrected chi connectivity index (χ4v) is 1.80. The Morgan fingerprint density at radius 1 is 1.44 bits per heavy atom. The van der Waals surface area contributed by atoms with Crippen molar-refractivity contribution >= 4 is 28.0 Å². The van der Waals surface area contributed by atoms with Gasteiger partial charge in [0.15, 0.2) is 0 Å². The third-order valence-corrected chi connectivity index (χ3v) is 2.66. The maximum atomic E-state index is 11.2. The fraction of sp³-hybridized carbons (Fsp3) is 0.308. The molecule has 0 atom stereocenters. The van der Waals surface area contributed by atoms with E-state index in [1.165, 1.54) is 11.6 Å². The summed E-state index contributed by atoms with van der Waals surface area (Å²) in [6.07, 6.45) is 4.19. The minimum absolute atomic E-state index is 0.299. The van der Waals surface area contributed by atoms with Crippen LogP contribution in [0.15, 0.2) is 28.7 Å². The summed E-state index contributed by atoms with van der Waals surface area (Å²) in [4.78, 5) is 11.2. The number of ether oxygens (including phenoxy) is 1. The lowest BCUT2D eigenvalue weighted by Gasteiger charge is -2.03. The van der Waals surface area contributed by atoms with E-state index in [-0.39, 0.29) is 5.97 Å². The van der Waals surface area contributed by atoms with Crippen LogP contribution in [-0.4, -0.2) is 12.6 Å². The summed E-state index contributed by atoms with van der Waals surface area (Å²) in [6, 6.07) is 6.01. The van der Waals surface area contributed by atoms with Crippen LogP contribution in [0.5, 0.6) is 0 Å². The molecule has 0 heterocycles. The lowest BCUT2D eigenvalue weighted by atomic mass is 10.1. The fourth-order valence-electron chi connectivity index (χ4n) is 1.39. The summed E-state index contributed by atoms with van der Waals surface area (Å²) in [5.74, 6) is -0.299. The molecule has 0 spiro atoms. The normalized spacial score (nSPS) is 10.7. The van der Waals surface area contributed by atoms with Crippen molar-refractivity contribution in [2.24, 2.45) is 0 Å². The van der Waals surface area contributed by atoms with Crippen LogP contribution >= 0.6 is 15.9 Å². The molecule has 2 nitrogen and oxygen atoms in total. The molecule has 0 saturated carbocycles. The Hall–Kier alpha value is -1.09. The SMILES string of the molecule is CCOC(=O)/C=C/c1ccc(Br)cc1CC. The number of hydrogen-bond donors (Lipinski definition) is 0. The first-order valence-electron chi connectivity index (χ1n) is 5.30. The number of hydrogen-bond acceptors (Lipinski definition) is 2. The number of aryl methyl sites for hydroxylation is 1. The second kappa shape index (κ2) is 6.48. The molecule has 0 aliphatic rings. The Balaban J connectivity index is 2.84. The van der Waals surface area contributed by atoms with Crippen LogP contribution < -0.4 is 0 Å². The van der Waals surface area contributed by atoms with Gasteiger partial charge in [-0.05, 0) is 42.7 Å². The predicted molar refractivity (Wildman–Crippen MR) is 69.2 cm³/mol. The largest absolute Gasteiger partial charge is 0.463 e. The Kier molecular flexibility index (Phi) is 5.26. The zero-order valence-electron chi connectivity index (χ0n) is 9.50. The zero-order chi connectivity index (χ0) is 12.0. The summed E-state index contributed by atoms with van der Waals surface area (Å²) >= 11 is 3.43. The highest BCUT2D eigenvalue weighted by Gasteiger charge is 2.00. The smallest absolute Gasteiger partial charge is 0.330 e. The number of carbonyl (C=O) groups excluding carboxylic acids is 1. The van der Waals surface area contributed by atoms with Gasteiger partial charge in [-0.25, -0.2) is 4.79 Å². The average molecular weight is 283 g/mol. The Morgan fingerprint density at radius 3 is 2.81 bits per heavy atom. The molecule has 3 heteroatoms. The van der Waals surface area contributed by atoms with Gasteiger partial charge in [-0.15, -0.1) is 0 Å². The molecule has 0 amide bonds. The molecule has 0 aromatic heterocycles. The highest BCUT2D eigenvalue weighted by molar-refractivity contribution is 9.10. The second-order valence-corrected chi connectivity index (χ2v) is 4.20. The second-order valence-electron chi connectivity index (χ2n) is 3.28. The van der Waals surface area contributed by atoms with Gasteiger partial charge in [0.25, 0.3) is 0 Å². The lowest BCUT2D eigenvalue weighted by molar-refractivity contribution is -0.137. The lowest BCUT2D eigenvalue weighted by Crippen LogP contribution is -1.98. The van der Waals surface area contributed by atoms with Crippen molar-refractivity contribution in [3.8, 4) is 0 Å². The van der Waals surface area contributed by atoms with Crippen molar-refractivity contribution in [3.63, 3.8) is 0 Å². The van der Waals surface area contributed by atoms with E-state index < -0.39 is 0 Å². The molecule has 0 fully saturated rings. The molecule has 0 unspecified atom stereocenters. The zero-order valence-corrected chi connectivity index (χ0v) is 11.1. The van der Waals surface area contributed by atoms with Crippen molar-refractivity contribution in [3.05, 3.63) is 39.9 Å². The molecule has 1 rings (SSSR count).